The van der Waals surface area contributed by atoms with E-state index < -0.39 is 0 Å². The second-order valence-electron chi connectivity index (χ2n) is 4.51. The molecule has 0 atom stereocenters. The van der Waals surface area contributed by atoms with E-state index >= 15 is 0 Å². The van der Waals surface area contributed by atoms with Gasteiger partial charge in [0, 0.05) is 5.56 Å². The first-order chi connectivity index (χ1) is 8.29. The Balaban J connectivity index is 1.89. The quantitative estimate of drug-likeness (QED) is 0.846. The lowest BCUT2D eigenvalue weighted by atomic mass is 10.1. The molecule has 0 aliphatic carbocycles. The van der Waals surface area contributed by atoms with Gasteiger partial charge >= 0.3 is 0 Å². The second kappa shape index (κ2) is 5.82. The Kier molecular flexibility index (Phi) is 4.15. The molecule has 17 heavy (non-hydrogen) atoms. The molecule has 0 aromatic heterocycles. The van der Waals surface area contributed by atoms with Crippen molar-refractivity contribution in [2.45, 2.75) is 32.2 Å². The Labute approximate surface area is 102 Å². The van der Waals surface area contributed by atoms with E-state index in [9.17, 15) is 4.79 Å². The molecular formula is C14H19NO2. The van der Waals surface area contributed by atoms with Crippen molar-refractivity contribution in [1.82, 2.24) is 5.32 Å². The lowest BCUT2D eigenvalue weighted by Gasteiger charge is -2.26. The standard InChI is InChI=1S/C14H19NO2/c1-2-3-4-11-5-7-12(8-6-11)14(16)15-13-9-17-10-13/h5-8,13H,2-4,9-10H2,1H3,(H,15,16). The largest absolute Gasteiger partial charge is 0.377 e. The van der Waals surface area contributed by atoms with E-state index in [1.807, 2.05) is 24.3 Å². The minimum Gasteiger partial charge on any atom is -0.377 e. The van der Waals surface area contributed by atoms with Crippen molar-refractivity contribution in [2.75, 3.05) is 13.2 Å². The summed E-state index contributed by atoms with van der Waals surface area (Å²) in [6, 6.07) is 8.09. The van der Waals surface area contributed by atoms with Crippen LogP contribution in [0, 0.1) is 0 Å². The molecule has 1 fully saturated rings. The van der Waals surface area contributed by atoms with Gasteiger partial charge in [-0.2, -0.15) is 0 Å². The fourth-order valence-electron chi connectivity index (χ4n) is 1.79. The average Bonchev–Trinajstić information content (AvgIpc) is 2.31. The van der Waals surface area contributed by atoms with Gasteiger partial charge in [-0.25, -0.2) is 0 Å². The maximum Gasteiger partial charge on any atom is 0.251 e. The number of amides is 1. The van der Waals surface area contributed by atoms with Crippen LogP contribution in [0.1, 0.15) is 35.7 Å². The van der Waals surface area contributed by atoms with E-state index in [4.69, 9.17) is 4.74 Å². The molecule has 3 heteroatoms. The van der Waals surface area contributed by atoms with Crippen molar-refractivity contribution in [3.8, 4) is 0 Å². The molecule has 0 saturated carbocycles. The lowest BCUT2D eigenvalue weighted by Crippen LogP contribution is -2.48. The van der Waals surface area contributed by atoms with Gasteiger partial charge in [0.2, 0.25) is 0 Å². The van der Waals surface area contributed by atoms with Crippen molar-refractivity contribution in [1.29, 1.82) is 0 Å². The first-order valence-electron chi connectivity index (χ1n) is 6.27. The van der Waals surface area contributed by atoms with Crippen molar-refractivity contribution < 1.29 is 9.53 Å². The molecule has 1 heterocycles. The Morgan fingerprint density at radius 3 is 2.59 bits per heavy atom. The number of carbonyl (C=O) groups is 1. The molecule has 0 bridgehead atoms. The number of hydrogen-bond acceptors (Lipinski definition) is 2. The second-order valence-corrected chi connectivity index (χ2v) is 4.51. The van der Waals surface area contributed by atoms with E-state index in [-0.39, 0.29) is 11.9 Å². The predicted molar refractivity (Wildman–Crippen MR) is 67.1 cm³/mol. The van der Waals surface area contributed by atoms with E-state index in [1.54, 1.807) is 0 Å². The van der Waals surface area contributed by atoms with Crippen LogP contribution in [-0.2, 0) is 11.2 Å². The van der Waals surface area contributed by atoms with Gasteiger partial charge < -0.3 is 10.1 Å². The topological polar surface area (TPSA) is 38.3 Å². The molecule has 3 nitrogen and oxygen atoms in total. The third kappa shape index (κ3) is 3.30. The van der Waals surface area contributed by atoms with Crippen LogP contribution in [0.5, 0.6) is 0 Å². The summed E-state index contributed by atoms with van der Waals surface area (Å²) in [7, 11) is 0. The van der Waals surface area contributed by atoms with Crippen molar-refractivity contribution in [3.05, 3.63) is 35.4 Å². The summed E-state index contributed by atoms with van der Waals surface area (Å²) in [5, 5.41) is 2.93. The number of benzene rings is 1. The van der Waals surface area contributed by atoms with Crippen LogP contribution in [0.25, 0.3) is 0 Å². The molecule has 92 valence electrons. The maximum atomic E-state index is 11.8. The van der Waals surface area contributed by atoms with E-state index in [1.165, 1.54) is 18.4 Å². The van der Waals surface area contributed by atoms with Gasteiger partial charge in [0.05, 0.1) is 19.3 Å². The summed E-state index contributed by atoms with van der Waals surface area (Å²) in [6.07, 6.45) is 3.49. The number of carbonyl (C=O) groups excluding carboxylic acids is 1. The van der Waals surface area contributed by atoms with Gasteiger partial charge in [-0.1, -0.05) is 25.5 Å². The molecule has 0 unspecified atom stereocenters. The van der Waals surface area contributed by atoms with Gasteiger partial charge in [0.15, 0.2) is 0 Å². The number of rotatable bonds is 5. The van der Waals surface area contributed by atoms with Crippen molar-refractivity contribution >= 4 is 5.91 Å². The fourth-order valence-corrected chi connectivity index (χ4v) is 1.79. The molecule has 0 spiro atoms. The molecular weight excluding hydrogens is 214 g/mol. The highest BCUT2D eigenvalue weighted by Gasteiger charge is 2.20. The molecule has 1 aromatic carbocycles. The Bertz CT molecular complexity index is 368. The first-order valence-corrected chi connectivity index (χ1v) is 6.27. The zero-order valence-corrected chi connectivity index (χ0v) is 10.2. The number of hydrogen-bond donors (Lipinski definition) is 1. The third-order valence-electron chi connectivity index (χ3n) is 3.01. The molecule has 1 aromatic rings. The minimum absolute atomic E-state index is 0.000316. The molecule has 1 saturated heterocycles. The highest BCUT2D eigenvalue weighted by molar-refractivity contribution is 5.94. The van der Waals surface area contributed by atoms with Gasteiger partial charge in [-0.05, 0) is 30.5 Å². The predicted octanol–water partition coefficient (Wildman–Crippen LogP) is 2.16. The highest BCUT2D eigenvalue weighted by Crippen LogP contribution is 2.09. The van der Waals surface area contributed by atoms with Crippen LogP contribution in [0.4, 0.5) is 0 Å². The van der Waals surface area contributed by atoms with Crippen LogP contribution >= 0.6 is 0 Å². The van der Waals surface area contributed by atoms with Crippen LogP contribution in [0.2, 0.25) is 0 Å². The minimum atomic E-state index is 0.000316. The summed E-state index contributed by atoms with van der Waals surface area (Å²) in [5.74, 6) is 0.000316. The average molecular weight is 233 g/mol. The smallest absolute Gasteiger partial charge is 0.251 e. The van der Waals surface area contributed by atoms with Crippen LogP contribution in [0.3, 0.4) is 0 Å². The van der Waals surface area contributed by atoms with E-state index in [2.05, 4.69) is 12.2 Å². The van der Waals surface area contributed by atoms with Gasteiger partial charge in [-0.15, -0.1) is 0 Å². The van der Waals surface area contributed by atoms with E-state index in [0.29, 0.717) is 13.2 Å². The summed E-state index contributed by atoms with van der Waals surface area (Å²) in [6.45, 7) is 3.46. The first kappa shape index (κ1) is 12.1. The Morgan fingerprint density at radius 2 is 2.06 bits per heavy atom. The number of nitrogens with one attached hydrogen (secondary N) is 1. The van der Waals surface area contributed by atoms with E-state index in [0.717, 1.165) is 12.0 Å². The van der Waals surface area contributed by atoms with Crippen molar-refractivity contribution in [2.24, 2.45) is 0 Å². The normalized spacial score (nSPS) is 15.4. The number of ether oxygens (including phenoxy) is 1. The third-order valence-corrected chi connectivity index (χ3v) is 3.01. The summed E-state index contributed by atoms with van der Waals surface area (Å²) in [4.78, 5) is 11.8. The van der Waals surface area contributed by atoms with Crippen LogP contribution in [0.15, 0.2) is 24.3 Å². The van der Waals surface area contributed by atoms with Gasteiger partial charge in [-0.3, -0.25) is 4.79 Å². The molecule has 2 rings (SSSR count). The summed E-state index contributed by atoms with van der Waals surface area (Å²) < 4.78 is 5.02. The molecule has 0 radical (unpaired) electrons. The van der Waals surface area contributed by atoms with Crippen LogP contribution < -0.4 is 5.32 Å². The molecule has 1 aliphatic heterocycles. The molecule has 1 amide bonds. The lowest BCUT2D eigenvalue weighted by molar-refractivity contribution is -0.00346. The van der Waals surface area contributed by atoms with Gasteiger partial charge in [0.1, 0.15) is 0 Å². The zero-order chi connectivity index (χ0) is 12.1. The fraction of sp³-hybridized carbons (Fsp3) is 0.500. The maximum absolute atomic E-state index is 11.8. The SMILES string of the molecule is CCCCc1ccc(C(=O)NC2COC2)cc1. The monoisotopic (exact) mass is 233 g/mol. The van der Waals surface area contributed by atoms with Crippen LogP contribution in [-0.4, -0.2) is 25.2 Å². The molecule has 1 N–H and O–H groups in total. The zero-order valence-electron chi connectivity index (χ0n) is 10.2. The van der Waals surface area contributed by atoms with Crippen molar-refractivity contribution in [3.63, 3.8) is 0 Å². The number of aryl methyl sites for hydroxylation is 1. The Hall–Kier alpha value is -1.35. The highest BCUT2D eigenvalue weighted by atomic mass is 16.5. The molecule has 1 aliphatic rings. The number of unbranched alkanes of at least 4 members (excludes halogenated alkanes) is 1. The summed E-state index contributed by atoms with van der Waals surface area (Å²) >= 11 is 0. The summed E-state index contributed by atoms with van der Waals surface area (Å²) in [5.41, 5.74) is 2.03. The Morgan fingerprint density at radius 1 is 1.35 bits per heavy atom. The van der Waals surface area contributed by atoms with Gasteiger partial charge in [0.25, 0.3) is 5.91 Å².